The summed E-state index contributed by atoms with van der Waals surface area (Å²) in [6, 6.07) is 0.957. The number of carbonyl (C=O) groups is 1. The molecule has 1 fully saturated rings. The molecule has 0 spiro atoms. The van der Waals surface area contributed by atoms with Gasteiger partial charge in [0, 0.05) is 25.7 Å². The van der Waals surface area contributed by atoms with Crippen molar-refractivity contribution in [3.8, 4) is 0 Å². The van der Waals surface area contributed by atoms with Crippen LogP contribution < -0.4 is 11.1 Å². The molecule has 0 aromatic heterocycles. The van der Waals surface area contributed by atoms with Gasteiger partial charge in [-0.2, -0.15) is 0 Å². The molecule has 1 amide bonds. The van der Waals surface area contributed by atoms with Crippen LogP contribution in [0.1, 0.15) is 40.0 Å². The van der Waals surface area contributed by atoms with Gasteiger partial charge in [-0.05, 0) is 46.6 Å². The highest BCUT2D eigenvalue weighted by Gasteiger charge is 2.25. The highest BCUT2D eigenvalue weighted by molar-refractivity contribution is 5.67. The molecule has 1 aliphatic carbocycles. The summed E-state index contributed by atoms with van der Waals surface area (Å²) in [6.45, 7) is 7.26. The fourth-order valence-corrected chi connectivity index (χ4v) is 1.88. The van der Waals surface area contributed by atoms with E-state index in [9.17, 15) is 4.79 Å². The van der Waals surface area contributed by atoms with Crippen molar-refractivity contribution in [3.05, 3.63) is 0 Å². The Morgan fingerprint density at radius 2 is 2.06 bits per heavy atom. The summed E-state index contributed by atoms with van der Waals surface area (Å²) in [6.07, 6.45) is 2.82. The maximum atomic E-state index is 11.7. The van der Waals surface area contributed by atoms with E-state index in [4.69, 9.17) is 10.5 Å². The van der Waals surface area contributed by atoms with E-state index < -0.39 is 5.60 Å². The third kappa shape index (κ3) is 5.69. The van der Waals surface area contributed by atoms with Crippen molar-refractivity contribution < 1.29 is 9.53 Å². The SMILES string of the molecule is CN(CCCNC1CC(N)C1)C(=O)OC(C)(C)C. The molecule has 0 heterocycles. The van der Waals surface area contributed by atoms with E-state index in [1.165, 1.54) is 0 Å². The molecule has 0 unspecified atom stereocenters. The molecule has 106 valence electrons. The van der Waals surface area contributed by atoms with Crippen LogP contribution in [-0.4, -0.2) is 48.8 Å². The van der Waals surface area contributed by atoms with Gasteiger partial charge in [0.2, 0.25) is 0 Å². The highest BCUT2D eigenvalue weighted by atomic mass is 16.6. The number of nitrogens with two attached hydrogens (primary N) is 1. The van der Waals surface area contributed by atoms with Crippen LogP contribution in [0.5, 0.6) is 0 Å². The predicted molar refractivity (Wildman–Crippen MR) is 72.5 cm³/mol. The Hall–Kier alpha value is -0.810. The maximum absolute atomic E-state index is 11.7. The first-order valence-corrected chi connectivity index (χ1v) is 6.71. The van der Waals surface area contributed by atoms with E-state index in [0.717, 1.165) is 25.8 Å². The van der Waals surface area contributed by atoms with Gasteiger partial charge in [0.05, 0.1) is 0 Å². The molecule has 0 bridgehead atoms. The van der Waals surface area contributed by atoms with Crippen LogP contribution in [0.3, 0.4) is 0 Å². The van der Waals surface area contributed by atoms with Crippen LogP contribution in [0.15, 0.2) is 0 Å². The second-order valence-electron chi connectivity index (χ2n) is 6.14. The largest absolute Gasteiger partial charge is 0.444 e. The van der Waals surface area contributed by atoms with E-state index in [1.54, 1.807) is 11.9 Å². The van der Waals surface area contributed by atoms with Crippen LogP contribution in [0, 0.1) is 0 Å². The number of amides is 1. The fraction of sp³-hybridized carbons (Fsp3) is 0.923. The molecule has 0 aliphatic heterocycles. The van der Waals surface area contributed by atoms with Gasteiger partial charge < -0.3 is 20.7 Å². The maximum Gasteiger partial charge on any atom is 0.410 e. The van der Waals surface area contributed by atoms with Gasteiger partial charge in [-0.25, -0.2) is 4.79 Å². The first-order chi connectivity index (χ1) is 8.28. The van der Waals surface area contributed by atoms with Gasteiger partial charge in [0.1, 0.15) is 5.60 Å². The van der Waals surface area contributed by atoms with Gasteiger partial charge in [-0.15, -0.1) is 0 Å². The number of hydrogen-bond donors (Lipinski definition) is 2. The van der Waals surface area contributed by atoms with E-state index in [2.05, 4.69) is 5.32 Å². The van der Waals surface area contributed by atoms with Crippen LogP contribution in [0.4, 0.5) is 4.79 Å². The van der Waals surface area contributed by atoms with Gasteiger partial charge in [-0.1, -0.05) is 0 Å². The molecule has 1 saturated carbocycles. The van der Waals surface area contributed by atoms with E-state index in [1.807, 2.05) is 20.8 Å². The minimum Gasteiger partial charge on any atom is -0.444 e. The van der Waals surface area contributed by atoms with Crippen LogP contribution in [-0.2, 0) is 4.74 Å². The summed E-state index contributed by atoms with van der Waals surface area (Å²) in [5.41, 5.74) is 5.29. The Kier molecular flexibility index (Phi) is 5.41. The quantitative estimate of drug-likeness (QED) is 0.729. The minimum absolute atomic E-state index is 0.256. The second-order valence-corrected chi connectivity index (χ2v) is 6.14. The molecule has 1 aliphatic rings. The molecule has 18 heavy (non-hydrogen) atoms. The average molecular weight is 257 g/mol. The summed E-state index contributed by atoms with van der Waals surface area (Å²) in [5.74, 6) is 0. The zero-order valence-corrected chi connectivity index (χ0v) is 12.0. The normalized spacial score (nSPS) is 23.4. The molecule has 5 heteroatoms. The Morgan fingerprint density at radius 1 is 1.44 bits per heavy atom. The zero-order valence-electron chi connectivity index (χ0n) is 12.0. The van der Waals surface area contributed by atoms with Gasteiger partial charge in [-0.3, -0.25) is 0 Å². The first-order valence-electron chi connectivity index (χ1n) is 6.71. The van der Waals surface area contributed by atoms with Crippen molar-refractivity contribution in [2.75, 3.05) is 20.1 Å². The predicted octanol–water partition coefficient (Wildman–Crippen LogP) is 1.32. The third-order valence-corrected chi connectivity index (χ3v) is 2.98. The van der Waals surface area contributed by atoms with Gasteiger partial charge >= 0.3 is 6.09 Å². The Labute approximate surface area is 110 Å². The molecule has 0 atom stereocenters. The van der Waals surface area contributed by atoms with Crippen molar-refractivity contribution in [3.63, 3.8) is 0 Å². The van der Waals surface area contributed by atoms with Gasteiger partial charge in [0.15, 0.2) is 0 Å². The van der Waals surface area contributed by atoms with Crippen LogP contribution >= 0.6 is 0 Å². The summed E-state index contributed by atoms with van der Waals surface area (Å²) >= 11 is 0. The van der Waals surface area contributed by atoms with Crippen molar-refractivity contribution in [1.82, 2.24) is 10.2 Å². The molecule has 0 saturated heterocycles. The van der Waals surface area contributed by atoms with Crippen molar-refractivity contribution in [2.45, 2.75) is 57.7 Å². The summed E-state index contributed by atoms with van der Waals surface area (Å²) < 4.78 is 5.27. The fourth-order valence-electron chi connectivity index (χ4n) is 1.88. The number of nitrogens with one attached hydrogen (secondary N) is 1. The molecular weight excluding hydrogens is 230 g/mol. The standard InChI is InChI=1S/C13H27N3O2/c1-13(2,3)18-12(17)16(4)7-5-6-15-11-8-10(14)9-11/h10-11,15H,5-9,14H2,1-4H3. The molecule has 0 aromatic rings. The number of ether oxygens (including phenoxy) is 1. The lowest BCUT2D eigenvalue weighted by molar-refractivity contribution is 0.0297. The number of hydrogen-bond acceptors (Lipinski definition) is 4. The van der Waals surface area contributed by atoms with Crippen LogP contribution in [0.2, 0.25) is 0 Å². The lowest BCUT2D eigenvalue weighted by atomic mass is 9.88. The lowest BCUT2D eigenvalue weighted by Crippen LogP contribution is -2.48. The average Bonchev–Trinajstić information content (AvgIpc) is 2.18. The molecule has 5 nitrogen and oxygen atoms in total. The van der Waals surface area contributed by atoms with Crippen molar-refractivity contribution in [1.29, 1.82) is 0 Å². The van der Waals surface area contributed by atoms with Gasteiger partial charge in [0.25, 0.3) is 0 Å². The van der Waals surface area contributed by atoms with Crippen molar-refractivity contribution in [2.24, 2.45) is 5.73 Å². The van der Waals surface area contributed by atoms with Crippen molar-refractivity contribution >= 4 is 6.09 Å². The van der Waals surface area contributed by atoms with Crippen LogP contribution in [0.25, 0.3) is 0 Å². The molecule has 1 rings (SSSR count). The zero-order chi connectivity index (χ0) is 13.8. The topological polar surface area (TPSA) is 67.6 Å². The smallest absolute Gasteiger partial charge is 0.410 e. The second kappa shape index (κ2) is 6.38. The Balaban J connectivity index is 2.05. The summed E-state index contributed by atoms with van der Waals surface area (Å²) in [4.78, 5) is 13.3. The summed E-state index contributed by atoms with van der Waals surface area (Å²) in [7, 11) is 1.77. The third-order valence-electron chi connectivity index (χ3n) is 2.98. The Morgan fingerprint density at radius 3 is 2.56 bits per heavy atom. The lowest BCUT2D eigenvalue weighted by Gasteiger charge is -2.33. The molecule has 0 aromatic carbocycles. The molecule has 3 N–H and O–H groups in total. The number of nitrogens with zero attached hydrogens (tertiary/aromatic N) is 1. The number of carbonyl (C=O) groups excluding carboxylic acids is 1. The summed E-state index contributed by atoms with van der Waals surface area (Å²) in [5, 5.41) is 3.43. The van der Waals surface area contributed by atoms with E-state index >= 15 is 0 Å². The minimum atomic E-state index is -0.425. The molecule has 0 radical (unpaired) electrons. The number of rotatable bonds is 5. The first kappa shape index (κ1) is 15.2. The van der Waals surface area contributed by atoms with E-state index in [-0.39, 0.29) is 6.09 Å². The van der Waals surface area contributed by atoms with E-state index in [0.29, 0.717) is 18.6 Å². The monoisotopic (exact) mass is 257 g/mol. The molecular formula is C13H27N3O2. The Bertz CT molecular complexity index is 270. The highest BCUT2D eigenvalue weighted by Crippen LogP contribution is 2.17.